The molecule has 1 aromatic carbocycles. The third kappa shape index (κ3) is 2.52. The van der Waals surface area contributed by atoms with Crippen LogP contribution < -0.4 is 5.32 Å². The average molecular weight is 261 g/mol. The molecule has 1 aliphatic heterocycles. The SMILES string of the molecule is CCOC(=O)C1CNCC1(CC)c1ccc(C)cc1. The lowest BCUT2D eigenvalue weighted by molar-refractivity contribution is -0.149. The van der Waals surface area contributed by atoms with Crippen molar-refractivity contribution in [3.05, 3.63) is 35.4 Å². The molecule has 1 heterocycles. The van der Waals surface area contributed by atoms with Gasteiger partial charge in [0, 0.05) is 18.5 Å². The molecule has 1 fully saturated rings. The summed E-state index contributed by atoms with van der Waals surface area (Å²) >= 11 is 0. The molecule has 19 heavy (non-hydrogen) atoms. The number of carbonyl (C=O) groups is 1. The number of aryl methyl sites for hydroxylation is 1. The quantitative estimate of drug-likeness (QED) is 0.846. The highest BCUT2D eigenvalue weighted by Gasteiger charge is 2.47. The summed E-state index contributed by atoms with van der Waals surface area (Å²) in [5.74, 6) is -0.157. The lowest BCUT2D eigenvalue weighted by Gasteiger charge is -2.33. The van der Waals surface area contributed by atoms with E-state index in [9.17, 15) is 4.79 Å². The number of esters is 1. The van der Waals surface area contributed by atoms with Gasteiger partial charge in [-0.15, -0.1) is 0 Å². The van der Waals surface area contributed by atoms with Crippen LogP contribution >= 0.6 is 0 Å². The van der Waals surface area contributed by atoms with Crippen LogP contribution in [0.5, 0.6) is 0 Å². The van der Waals surface area contributed by atoms with Crippen molar-refractivity contribution < 1.29 is 9.53 Å². The normalized spacial score (nSPS) is 26.4. The maximum absolute atomic E-state index is 12.2. The Labute approximate surface area is 115 Å². The Morgan fingerprint density at radius 2 is 2.05 bits per heavy atom. The maximum Gasteiger partial charge on any atom is 0.311 e. The van der Waals surface area contributed by atoms with Gasteiger partial charge in [-0.3, -0.25) is 4.79 Å². The van der Waals surface area contributed by atoms with Gasteiger partial charge >= 0.3 is 5.97 Å². The molecular weight excluding hydrogens is 238 g/mol. The van der Waals surface area contributed by atoms with Crippen LogP contribution in [0.15, 0.2) is 24.3 Å². The van der Waals surface area contributed by atoms with Gasteiger partial charge in [-0.2, -0.15) is 0 Å². The van der Waals surface area contributed by atoms with Gasteiger partial charge in [0.15, 0.2) is 0 Å². The predicted molar refractivity (Wildman–Crippen MR) is 76.1 cm³/mol. The molecule has 3 nitrogen and oxygen atoms in total. The van der Waals surface area contributed by atoms with Crippen LogP contribution in [0.2, 0.25) is 0 Å². The van der Waals surface area contributed by atoms with Gasteiger partial charge in [0.2, 0.25) is 0 Å². The Kier molecular flexibility index (Phi) is 4.25. The number of hydrogen-bond acceptors (Lipinski definition) is 3. The summed E-state index contributed by atoms with van der Waals surface area (Å²) in [4.78, 5) is 12.2. The Hall–Kier alpha value is -1.35. The van der Waals surface area contributed by atoms with E-state index in [4.69, 9.17) is 4.74 Å². The molecule has 0 aromatic heterocycles. The first-order chi connectivity index (χ1) is 9.14. The van der Waals surface area contributed by atoms with Gasteiger partial charge in [0.1, 0.15) is 0 Å². The second-order valence-electron chi connectivity index (χ2n) is 5.31. The molecule has 0 spiro atoms. The number of benzene rings is 1. The summed E-state index contributed by atoms with van der Waals surface area (Å²) in [6.07, 6.45) is 0.937. The van der Waals surface area contributed by atoms with Crippen molar-refractivity contribution in [1.29, 1.82) is 0 Å². The zero-order valence-corrected chi connectivity index (χ0v) is 12.0. The van der Waals surface area contributed by atoms with Gasteiger partial charge in [-0.25, -0.2) is 0 Å². The van der Waals surface area contributed by atoms with Crippen molar-refractivity contribution in [3.63, 3.8) is 0 Å². The lowest BCUT2D eigenvalue weighted by Crippen LogP contribution is -2.39. The molecule has 0 radical (unpaired) electrons. The molecule has 0 amide bonds. The van der Waals surface area contributed by atoms with Crippen molar-refractivity contribution in [3.8, 4) is 0 Å². The van der Waals surface area contributed by atoms with E-state index < -0.39 is 0 Å². The Balaban J connectivity index is 2.34. The highest BCUT2D eigenvalue weighted by molar-refractivity contribution is 5.75. The van der Waals surface area contributed by atoms with Crippen molar-refractivity contribution in [2.24, 2.45) is 5.92 Å². The second kappa shape index (κ2) is 5.74. The standard InChI is InChI=1S/C16H23NO2/c1-4-16(13-8-6-12(3)7-9-13)11-17-10-14(16)15(18)19-5-2/h6-9,14,17H,4-5,10-11H2,1-3H3. The van der Waals surface area contributed by atoms with E-state index in [-0.39, 0.29) is 17.3 Å². The molecular formula is C16H23NO2. The van der Waals surface area contributed by atoms with E-state index in [2.05, 4.69) is 43.4 Å². The largest absolute Gasteiger partial charge is 0.466 e. The summed E-state index contributed by atoms with van der Waals surface area (Å²) in [5, 5.41) is 3.37. The third-order valence-electron chi connectivity index (χ3n) is 4.28. The van der Waals surface area contributed by atoms with Gasteiger partial charge in [0.05, 0.1) is 12.5 Å². The number of ether oxygens (including phenoxy) is 1. The molecule has 104 valence electrons. The molecule has 2 atom stereocenters. The van der Waals surface area contributed by atoms with E-state index in [0.29, 0.717) is 13.2 Å². The van der Waals surface area contributed by atoms with Crippen molar-refractivity contribution in [1.82, 2.24) is 5.32 Å². The van der Waals surface area contributed by atoms with E-state index >= 15 is 0 Å². The third-order valence-corrected chi connectivity index (χ3v) is 4.28. The molecule has 1 saturated heterocycles. The Bertz CT molecular complexity index is 441. The molecule has 1 aromatic rings. The monoisotopic (exact) mass is 261 g/mol. The van der Waals surface area contributed by atoms with Gasteiger partial charge < -0.3 is 10.1 Å². The van der Waals surface area contributed by atoms with E-state index in [1.807, 2.05) is 6.92 Å². The first-order valence-corrected chi connectivity index (χ1v) is 7.08. The number of carbonyl (C=O) groups excluding carboxylic acids is 1. The zero-order valence-electron chi connectivity index (χ0n) is 12.0. The van der Waals surface area contributed by atoms with Crippen LogP contribution in [-0.4, -0.2) is 25.7 Å². The molecule has 1 N–H and O–H groups in total. The first kappa shape index (κ1) is 14.1. The van der Waals surface area contributed by atoms with E-state index in [1.54, 1.807) is 0 Å². The van der Waals surface area contributed by atoms with Gasteiger partial charge in [-0.1, -0.05) is 36.8 Å². The maximum atomic E-state index is 12.2. The highest BCUT2D eigenvalue weighted by atomic mass is 16.5. The van der Waals surface area contributed by atoms with Crippen molar-refractivity contribution in [2.45, 2.75) is 32.6 Å². The van der Waals surface area contributed by atoms with Gasteiger partial charge in [0.25, 0.3) is 0 Å². The molecule has 2 rings (SSSR count). The Morgan fingerprint density at radius 3 is 2.63 bits per heavy atom. The first-order valence-electron chi connectivity index (χ1n) is 7.08. The summed E-state index contributed by atoms with van der Waals surface area (Å²) in [6.45, 7) is 8.09. The molecule has 1 aliphatic rings. The van der Waals surface area contributed by atoms with Crippen molar-refractivity contribution in [2.75, 3.05) is 19.7 Å². The van der Waals surface area contributed by atoms with Crippen LogP contribution in [0.25, 0.3) is 0 Å². The Morgan fingerprint density at radius 1 is 1.37 bits per heavy atom. The fraction of sp³-hybridized carbons (Fsp3) is 0.562. The summed E-state index contributed by atoms with van der Waals surface area (Å²) < 4.78 is 5.25. The fourth-order valence-corrected chi connectivity index (χ4v) is 3.07. The average Bonchev–Trinajstić information content (AvgIpc) is 2.85. The minimum atomic E-state index is -0.125. The summed E-state index contributed by atoms with van der Waals surface area (Å²) in [6, 6.07) is 8.54. The minimum Gasteiger partial charge on any atom is -0.466 e. The van der Waals surface area contributed by atoms with E-state index in [0.717, 1.165) is 13.0 Å². The van der Waals surface area contributed by atoms with E-state index in [1.165, 1.54) is 11.1 Å². The number of rotatable bonds is 4. The zero-order chi connectivity index (χ0) is 13.9. The molecule has 0 bridgehead atoms. The number of hydrogen-bond donors (Lipinski definition) is 1. The summed E-state index contributed by atoms with van der Waals surface area (Å²) in [7, 11) is 0. The lowest BCUT2D eigenvalue weighted by atomic mass is 9.70. The van der Waals surface area contributed by atoms with Crippen molar-refractivity contribution >= 4 is 5.97 Å². The molecule has 3 heteroatoms. The van der Waals surface area contributed by atoms with Crippen LogP contribution in [0.3, 0.4) is 0 Å². The van der Waals surface area contributed by atoms with Crippen LogP contribution in [0.1, 0.15) is 31.4 Å². The molecule has 0 saturated carbocycles. The van der Waals surface area contributed by atoms with Gasteiger partial charge in [-0.05, 0) is 25.8 Å². The summed E-state index contributed by atoms with van der Waals surface area (Å²) in [5.41, 5.74) is 2.36. The van der Waals surface area contributed by atoms with Crippen LogP contribution in [0, 0.1) is 12.8 Å². The molecule has 0 aliphatic carbocycles. The topological polar surface area (TPSA) is 38.3 Å². The van der Waals surface area contributed by atoms with Crippen LogP contribution in [-0.2, 0) is 14.9 Å². The smallest absolute Gasteiger partial charge is 0.311 e. The van der Waals surface area contributed by atoms with Crippen LogP contribution in [0.4, 0.5) is 0 Å². The highest BCUT2D eigenvalue weighted by Crippen LogP contribution is 2.39. The molecule has 2 unspecified atom stereocenters. The minimum absolute atomic E-state index is 0.0741. The fourth-order valence-electron chi connectivity index (χ4n) is 3.07. The second-order valence-corrected chi connectivity index (χ2v) is 5.31. The number of nitrogens with one attached hydrogen (secondary N) is 1. The predicted octanol–water partition coefficient (Wildman–Crippen LogP) is 2.43.